The molecule has 0 fully saturated rings. The first-order valence-electron chi connectivity index (χ1n) is 28.9. The third kappa shape index (κ3) is 10.0. The second kappa shape index (κ2) is 23.2. The summed E-state index contributed by atoms with van der Waals surface area (Å²) < 4.78 is 0. The summed E-state index contributed by atoms with van der Waals surface area (Å²) in [5.41, 5.74) is 27.5. The molecule has 10 heteroatoms. The fraction of sp³-hybridized carbons (Fsp3) is 0.0256. The maximum absolute atomic E-state index is 5.72. The Kier molecular flexibility index (Phi) is 14.7. The molecule has 0 saturated heterocycles. The first-order chi connectivity index (χ1) is 42.4. The summed E-state index contributed by atoms with van der Waals surface area (Å²) in [6, 6.07) is 75.8. The van der Waals surface area contributed by atoms with Gasteiger partial charge in [0.1, 0.15) is 0 Å². The zero-order valence-corrected chi connectivity index (χ0v) is 54.3. The third-order valence-corrected chi connectivity index (χ3v) is 16.4. The molecule has 0 spiro atoms. The maximum Gasteiger partial charge on any atom is 2.00 e. The molecule has 0 unspecified atom stereocenters. The van der Waals surface area contributed by atoms with Crippen LogP contribution in [0.1, 0.15) is 56.7 Å². The van der Waals surface area contributed by atoms with Crippen molar-refractivity contribution < 1.29 is 39.0 Å². The SMILES string of the molecule is Cc1ccc(-c2c3nc(c(-c4ccccc4)c4ccc([n-]4)c(-c4c5nc(c(-c6ccccc6)c6ccc([n-]6)c(-c6ccc(C)cc6)c6nc(c(-c7ccccc7)c7ccc4[n-]7)C=C6)C=C5)c4nc(c(-c5ccccc5)c5ccc2[n-]5)C=C4)C=C3)cc1.[Zn+2].[Zn+2]. The van der Waals surface area contributed by atoms with E-state index in [9.17, 15) is 0 Å². The molecule has 406 valence electrons. The minimum Gasteiger partial charge on any atom is -0.657 e. The van der Waals surface area contributed by atoms with Crippen molar-refractivity contribution in [3.05, 3.63) is 275 Å². The van der Waals surface area contributed by atoms with Gasteiger partial charge in [0.05, 0.1) is 45.6 Å². The summed E-state index contributed by atoms with van der Waals surface area (Å²) in [6.45, 7) is 4.22. The molecular weight excluding hydrogens is 1180 g/mol. The Balaban J connectivity index is 0.00000340. The standard InChI is InChI=1S/C78H50N8.2Zn/c1-47-23-27-53(28-24-47)75-63-35-31-55(79-63)71(49-15-7-3-8-16-49)59-39-43-67(83-59)77(68-44-40-60(84-68)72(50-17-9-4-10-18-50)56-32-36-64(75)80-56)78-69-45-41-61(85-69)73(51-19-11-5-12-20-51)57-33-37-65(81-57)76(54-29-25-48(2)26-30-54)66-38-34-58(82-66)74(52-21-13-6-14-22-52)62-42-46-70(78)86-62;;/h3-46H,1-2H3;;/q-4;2*+2. The van der Waals surface area contributed by atoms with E-state index in [1.807, 2.05) is 24.3 Å². The van der Waals surface area contributed by atoms with Crippen molar-refractivity contribution in [2.75, 3.05) is 0 Å². The van der Waals surface area contributed by atoms with Crippen molar-refractivity contribution in [2.45, 2.75) is 13.8 Å². The molecule has 8 nitrogen and oxygen atoms in total. The molecule has 0 amide bonds. The van der Waals surface area contributed by atoms with Crippen molar-refractivity contribution >= 4 is 92.7 Å². The fourth-order valence-corrected chi connectivity index (χ4v) is 12.3. The van der Waals surface area contributed by atoms with Gasteiger partial charge in [-0.1, -0.05) is 230 Å². The quantitative estimate of drug-likeness (QED) is 0.145. The van der Waals surface area contributed by atoms with Crippen LogP contribution in [0.25, 0.3) is 171 Å². The normalized spacial score (nSPS) is 12.1. The van der Waals surface area contributed by atoms with Crippen molar-refractivity contribution in [3.8, 4) is 77.9 Å². The van der Waals surface area contributed by atoms with E-state index in [1.165, 1.54) is 11.1 Å². The minimum atomic E-state index is 0. The van der Waals surface area contributed by atoms with E-state index in [0.717, 1.165) is 145 Å². The molecule has 0 aliphatic carbocycles. The number of hydrogen-bond donors (Lipinski definition) is 0. The first kappa shape index (κ1) is 55.6. The van der Waals surface area contributed by atoms with Crippen LogP contribution in [0.15, 0.2) is 218 Å². The number of aromatic nitrogens is 8. The largest absolute Gasteiger partial charge is 2.00 e. The van der Waals surface area contributed by atoms with Crippen LogP contribution in [0.2, 0.25) is 0 Å². The molecule has 16 rings (SSSR count). The predicted molar refractivity (Wildman–Crippen MR) is 355 cm³/mol. The van der Waals surface area contributed by atoms with Crippen molar-refractivity contribution in [1.82, 2.24) is 39.9 Å². The monoisotopic (exact) mass is 1230 g/mol. The summed E-state index contributed by atoms with van der Waals surface area (Å²) in [4.78, 5) is 45.0. The van der Waals surface area contributed by atoms with E-state index in [0.29, 0.717) is 22.4 Å². The van der Waals surface area contributed by atoms with Gasteiger partial charge in [0.2, 0.25) is 0 Å². The van der Waals surface area contributed by atoms with Gasteiger partial charge in [0.15, 0.2) is 0 Å². The zero-order valence-electron chi connectivity index (χ0n) is 48.4. The number of nitrogens with zero attached hydrogens (tertiary/aromatic N) is 8. The molecule has 0 radical (unpaired) electrons. The summed E-state index contributed by atoms with van der Waals surface area (Å²) in [5.74, 6) is 0. The van der Waals surface area contributed by atoms with E-state index < -0.39 is 0 Å². The van der Waals surface area contributed by atoms with E-state index >= 15 is 0 Å². The van der Waals surface area contributed by atoms with Crippen molar-refractivity contribution in [1.29, 1.82) is 0 Å². The molecule has 16 bridgehead atoms. The van der Waals surface area contributed by atoms with Gasteiger partial charge in [0, 0.05) is 0 Å². The smallest absolute Gasteiger partial charge is 0.657 e. The Labute approximate surface area is 534 Å². The van der Waals surface area contributed by atoms with Gasteiger partial charge >= 0.3 is 39.0 Å². The molecule has 10 heterocycles. The molecule has 0 atom stereocenters. The van der Waals surface area contributed by atoms with Gasteiger partial charge in [-0.2, -0.15) is 0 Å². The predicted octanol–water partition coefficient (Wildman–Crippen LogP) is 18.4. The first-order valence-corrected chi connectivity index (χ1v) is 28.9. The van der Waals surface area contributed by atoms with Crippen molar-refractivity contribution in [3.63, 3.8) is 0 Å². The molecule has 0 N–H and O–H groups in total. The summed E-state index contributed by atoms with van der Waals surface area (Å²) in [7, 11) is 0. The molecule has 6 aromatic heterocycles. The average Bonchev–Trinajstić information content (AvgIpc) is 2.77. The minimum absolute atomic E-state index is 0. The molecule has 4 aliphatic rings. The Morgan fingerprint density at radius 2 is 0.364 bits per heavy atom. The number of hydrogen-bond acceptors (Lipinski definition) is 4. The molecule has 6 aromatic carbocycles. The van der Waals surface area contributed by atoms with Crippen LogP contribution in [0.3, 0.4) is 0 Å². The summed E-state index contributed by atoms with van der Waals surface area (Å²) >= 11 is 0. The fourth-order valence-electron chi connectivity index (χ4n) is 12.3. The topological polar surface area (TPSA) is 108 Å². The van der Waals surface area contributed by atoms with E-state index in [-0.39, 0.29) is 39.0 Å². The van der Waals surface area contributed by atoms with Crippen LogP contribution in [-0.4, -0.2) is 19.9 Å². The summed E-state index contributed by atoms with van der Waals surface area (Å²) in [5, 5.41) is 0. The van der Waals surface area contributed by atoms with Crippen LogP contribution >= 0.6 is 0 Å². The number of fused-ring (bicyclic) bond motifs is 16. The Morgan fingerprint density at radius 3 is 0.568 bits per heavy atom. The van der Waals surface area contributed by atoms with Gasteiger partial charge in [-0.3, -0.25) is 0 Å². The molecular formula is C78H50N8Zn2. The van der Waals surface area contributed by atoms with Gasteiger partial charge in [-0.25, -0.2) is 19.9 Å². The Hall–Kier alpha value is -10.2. The average molecular weight is 1230 g/mol. The van der Waals surface area contributed by atoms with Gasteiger partial charge < -0.3 is 19.9 Å². The van der Waals surface area contributed by atoms with E-state index in [1.54, 1.807) is 0 Å². The third-order valence-electron chi connectivity index (χ3n) is 16.4. The molecule has 0 saturated carbocycles. The maximum atomic E-state index is 5.72. The van der Waals surface area contributed by atoms with Crippen molar-refractivity contribution in [2.24, 2.45) is 0 Å². The number of rotatable bonds is 7. The second-order valence-electron chi connectivity index (χ2n) is 21.9. The molecule has 88 heavy (non-hydrogen) atoms. The molecule has 4 aliphatic heterocycles. The van der Waals surface area contributed by atoms with Crippen LogP contribution in [0.5, 0.6) is 0 Å². The van der Waals surface area contributed by atoms with Gasteiger partial charge in [-0.15, -0.1) is 44.1 Å². The Morgan fingerprint density at radius 1 is 0.193 bits per heavy atom. The molecule has 12 aromatic rings. The second-order valence-corrected chi connectivity index (χ2v) is 21.9. The van der Waals surface area contributed by atoms with Crippen LogP contribution in [-0.2, 0) is 39.0 Å². The van der Waals surface area contributed by atoms with E-state index in [2.05, 4.69) is 257 Å². The number of benzene rings is 6. The Bertz CT molecular complexity index is 4800. The summed E-state index contributed by atoms with van der Waals surface area (Å²) in [6.07, 6.45) is 16.9. The number of aryl methyl sites for hydroxylation is 2. The van der Waals surface area contributed by atoms with Crippen LogP contribution in [0, 0.1) is 13.8 Å². The van der Waals surface area contributed by atoms with Crippen LogP contribution < -0.4 is 19.9 Å². The zero-order chi connectivity index (χ0) is 57.2. The van der Waals surface area contributed by atoms with Gasteiger partial charge in [-0.05, 0) is 140 Å². The van der Waals surface area contributed by atoms with E-state index in [4.69, 9.17) is 39.9 Å². The van der Waals surface area contributed by atoms with Crippen LogP contribution in [0.4, 0.5) is 0 Å². The van der Waals surface area contributed by atoms with Gasteiger partial charge in [0.25, 0.3) is 0 Å².